The average Bonchev–Trinajstić information content (AvgIpc) is 3.71. The number of likely N-dealkylation sites (tertiary alicyclic amines) is 1. The van der Waals surface area contributed by atoms with Gasteiger partial charge in [-0.3, -0.25) is 25.0 Å². The number of carbonyl (C=O) groups is 5. The smallest absolute Gasteiger partial charge is 0.412 e. The van der Waals surface area contributed by atoms with Crippen LogP contribution >= 0.6 is 0 Å². The first-order chi connectivity index (χ1) is 24.0. The summed E-state index contributed by atoms with van der Waals surface area (Å²) in [4.78, 5) is 65.2. The molecule has 0 spiro atoms. The topological polar surface area (TPSA) is 184 Å². The number of rotatable bonds is 10. The summed E-state index contributed by atoms with van der Waals surface area (Å²) in [5, 5.41) is 12.2. The molecule has 15 heteroatoms. The van der Waals surface area contributed by atoms with Crippen molar-refractivity contribution in [3.05, 3.63) is 94.5 Å². The molecular weight excluding hydrogens is 652 g/mol. The molecule has 2 heterocycles. The molecule has 1 aromatic heterocycles. The number of benzene rings is 2. The third-order valence-electron chi connectivity index (χ3n) is 7.87. The van der Waals surface area contributed by atoms with E-state index in [2.05, 4.69) is 17.2 Å². The van der Waals surface area contributed by atoms with Crippen molar-refractivity contribution >= 4 is 41.0 Å². The monoisotopic (exact) mass is 690 g/mol. The molecule has 3 N–H and O–H groups in total. The number of anilines is 2. The molecule has 264 valence electrons. The molecule has 5 rings (SSSR count). The quantitative estimate of drug-likeness (QED) is 0.255. The number of fused-ring (bicyclic) bond motifs is 1. The second-order valence-electron chi connectivity index (χ2n) is 10.9. The van der Waals surface area contributed by atoms with Crippen molar-refractivity contribution in [2.75, 3.05) is 52.2 Å². The summed E-state index contributed by atoms with van der Waals surface area (Å²) in [5.74, 6) is -0.501. The Kier molecular flexibility index (Phi) is 12.0. The zero-order valence-corrected chi connectivity index (χ0v) is 28.3. The Balaban J connectivity index is 0.00000276. The molecule has 0 bridgehead atoms. The summed E-state index contributed by atoms with van der Waals surface area (Å²) in [6, 6.07) is 11.0. The van der Waals surface area contributed by atoms with Crippen LogP contribution in [-0.2, 0) is 34.5 Å². The number of amides is 3. The summed E-state index contributed by atoms with van der Waals surface area (Å²) in [7, 11) is 6.81. The standard InChI is InChI=1S/C34H34N4O10.CH4O/c1-19-10-11-38(16-19)32(41)23-13-27(44-3)28(45-4)14-25(23)36-34(43)47-17-20-6-8-21(9-7-20)35-33(42)48-18-22-12-24-30(37(22)2)26(39)15-29(46-5)31(24)40;1-2/h6-9,12-15H,1,10-11,16-18H2,2-5H3,(H,35,42)(H,36,43);2H,1H3. The first-order valence-corrected chi connectivity index (χ1v) is 15.2. The largest absolute Gasteiger partial charge is 0.493 e. The van der Waals surface area contributed by atoms with Gasteiger partial charge in [0.1, 0.15) is 18.9 Å². The number of nitrogens with zero attached hydrogens (tertiary/aromatic N) is 2. The number of carbonyl (C=O) groups excluding carboxylic acids is 5. The Bertz CT molecular complexity index is 1840. The first-order valence-electron chi connectivity index (χ1n) is 15.2. The minimum atomic E-state index is -0.798. The Hall–Kier alpha value is -6.09. The lowest BCUT2D eigenvalue weighted by Crippen LogP contribution is -2.29. The molecular formula is C35H38N4O11. The Labute approximate surface area is 288 Å². The predicted octanol–water partition coefficient (Wildman–Crippen LogP) is 4.46. The molecule has 3 amide bonds. The van der Waals surface area contributed by atoms with E-state index in [0.717, 1.165) is 18.8 Å². The van der Waals surface area contributed by atoms with E-state index in [4.69, 9.17) is 28.8 Å². The number of aliphatic hydroxyl groups is 1. The number of ether oxygens (including phenoxy) is 5. The maximum absolute atomic E-state index is 13.3. The van der Waals surface area contributed by atoms with E-state index in [1.54, 1.807) is 36.2 Å². The van der Waals surface area contributed by atoms with E-state index in [0.29, 0.717) is 48.0 Å². The van der Waals surface area contributed by atoms with Crippen LogP contribution in [0.2, 0.25) is 0 Å². The fourth-order valence-corrected chi connectivity index (χ4v) is 5.30. The van der Waals surface area contributed by atoms with Crippen LogP contribution in [0.15, 0.2) is 66.5 Å². The van der Waals surface area contributed by atoms with Crippen molar-refractivity contribution in [2.45, 2.75) is 19.6 Å². The number of hydrogen-bond acceptors (Lipinski definition) is 11. The molecule has 3 aromatic rings. The number of Topliss-reactive ketones (excluding diaryl/α,β-unsaturated/α-hetero) is 1. The highest BCUT2D eigenvalue weighted by Gasteiger charge is 2.31. The molecule has 0 unspecified atom stereocenters. The van der Waals surface area contributed by atoms with Crippen LogP contribution in [0.1, 0.15) is 48.9 Å². The fourth-order valence-electron chi connectivity index (χ4n) is 5.30. The van der Waals surface area contributed by atoms with E-state index in [-0.39, 0.29) is 53.2 Å². The van der Waals surface area contributed by atoms with Crippen LogP contribution in [0.3, 0.4) is 0 Å². The summed E-state index contributed by atoms with van der Waals surface area (Å²) in [6.45, 7) is 4.59. The van der Waals surface area contributed by atoms with Gasteiger partial charge < -0.3 is 38.3 Å². The zero-order valence-electron chi connectivity index (χ0n) is 28.3. The molecule has 1 fully saturated rings. The summed E-state index contributed by atoms with van der Waals surface area (Å²) < 4.78 is 27.9. The number of aromatic nitrogens is 1. The van der Waals surface area contributed by atoms with Crippen molar-refractivity contribution in [3.63, 3.8) is 0 Å². The van der Waals surface area contributed by atoms with Crippen LogP contribution in [0, 0.1) is 0 Å². The Morgan fingerprint density at radius 3 is 2.14 bits per heavy atom. The van der Waals surface area contributed by atoms with Crippen molar-refractivity contribution in [3.8, 4) is 11.5 Å². The third-order valence-corrected chi connectivity index (χ3v) is 7.87. The number of ketones is 2. The summed E-state index contributed by atoms with van der Waals surface area (Å²) in [6.07, 6.45) is 0.278. The third kappa shape index (κ3) is 8.13. The number of hydrogen-bond donors (Lipinski definition) is 3. The molecule has 50 heavy (non-hydrogen) atoms. The molecule has 0 atom stereocenters. The molecule has 1 saturated heterocycles. The van der Waals surface area contributed by atoms with Gasteiger partial charge in [0, 0.05) is 45.1 Å². The van der Waals surface area contributed by atoms with Crippen LogP contribution < -0.4 is 20.1 Å². The molecule has 2 aromatic carbocycles. The van der Waals surface area contributed by atoms with E-state index in [9.17, 15) is 24.0 Å². The van der Waals surface area contributed by atoms with Crippen molar-refractivity contribution in [2.24, 2.45) is 7.05 Å². The van der Waals surface area contributed by atoms with Crippen molar-refractivity contribution in [1.29, 1.82) is 0 Å². The maximum Gasteiger partial charge on any atom is 0.412 e. The molecule has 0 saturated carbocycles. The summed E-state index contributed by atoms with van der Waals surface area (Å²) in [5.41, 5.74) is 3.21. The van der Waals surface area contributed by atoms with E-state index >= 15 is 0 Å². The van der Waals surface area contributed by atoms with Crippen LogP contribution in [0.4, 0.5) is 21.0 Å². The lowest BCUT2D eigenvalue weighted by Gasteiger charge is -2.20. The minimum Gasteiger partial charge on any atom is -0.493 e. The summed E-state index contributed by atoms with van der Waals surface area (Å²) >= 11 is 0. The number of nitrogens with one attached hydrogen (secondary N) is 2. The van der Waals surface area contributed by atoms with Crippen LogP contribution in [0.5, 0.6) is 11.5 Å². The van der Waals surface area contributed by atoms with Gasteiger partial charge in [-0.15, -0.1) is 0 Å². The van der Waals surface area contributed by atoms with Gasteiger partial charge in [0.05, 0.1) is 43.8 Å². The minimum absolute atomic E-state index is 0.0543. The Morgan fingerprint density at radius 1 is 0.880 bits per heavy atom. The fraction of sp³-hybridized carbons (Fsp3) is 0.286. The van der Waals surface area contributed by atoms with Gasteiger partial charge in [0.25, 0.3) is 5.91 Å². The Morgan fingerprint density at radius 2 is 1.52 bits per heavy atom. The van der Waals surface area contributed by atoms with Gasteiger partial charge in [-0.25, -0.2) is 9.59 Å². The average molecular weight is 691 g/mol. The molecule has 15 nitrogen and oxygen atoms in total. The predicted molar refractivity (Wildman–Crippen MR) is 181 cm³/mol. The highest BCUT2D eigenvalue weighted by molar-refractivity contribution is 6.23. The van der Waals surface area contributed by atoms with Gasteiger partial charge in [-0.2, -0.15) is 0 Å². The van der Waals surface area contributed by atoms with Gasteiger partial charge >= 0.3 is 12.2 Å². The van der Waals surface area contributed by atoms with E-state index in [1.165, 1.54) is 44.1 Å². The second kappa shape index (κ2) is 16.3. The molecule has 1 aliphatic carbocycles. The van der Waals surface area contributed by atoms with Gasteiger partial charge in [-0.05, 0) is 36.2 Å². The van der Waals surface area contributed by atoms with Gasteiger partial charge in [0.15, 0.2) is 17.3 Å². The highest BCUT2D eigenvalue weighted by Crippen LogP contribution is 2.35. The van der Waals surface area contributed by atoms with E-state index in [1.807, 2.05) is 0 Å². The molecule has 2 aliphatic rings. The number of methoxy groups -OCH3 is 3. The normalized spacial score (nSPS) is 13.4. The van der Waals surface area contributed by atoms with Crippen molar-refractivity contribution in [1.82, 2.24) is 9.47 Å². The molecule has 0 radical (unpaired) electrons. The highest BCUT2D eigenvalue weighted by atomic mass is 16.6. The SMILES string of the molecule is C=C1CCN(C(=O)c2cc(OC)c(OC)cc2NC(=O)OCc2ccc(NC(=O)OCc3cc4c(n3C)C(=O)C=C(OC)C4=O)cc2)C1.CO. The van der Waals surface area contributed by atoms with Crippen LogP contribution in [-0.4, -0.2) is 85.8 Å². The van der Waals surface area contributed by atoms with Gasteiger partial charge in [0.2, 0.25) is 11.6 Å². The van der Waals surface area contributed by atoms with Crippen molar-refractivity contribution < 1.29 is 52.8 Å². The lowest BCUT2D eigenvalue weighted by molar-refractivity contribution is 0.0796. The molecule has 1 aliphatic heterocycles. The number of aliphatic hydroxyl groups excluding tert-OH is 1. The number of allylic oxidation sites excluding steroid dienone is 2. The second-order valence-corrected chi connectivity index (χ2v) is 10.9. The maximum atomic E-state index is 13.3. The van der Waals surface area contributed by atoms with Gasteiger partial charge in [-0.1, -0.05) is 24.3 Å². The lowest BCUT2D eigenvalue weighted by atomic mass is 10.0. The zero-order chi connectivity index (χ0) is 36.5. The van der Waals surface area contributed by atoms with E-state index < -0.39 is 18.0 Å². The first kappa shape index (κ1) is 36.7. The van der Waals surface area contributed by atoms with Crippen LogP contribution in [0.25, 0.3) is 0 Å².